The maximum absolute atomic E-state index is 12.5. The average Bonchev–Trinajstić information content (AvgIpc) is 3.34. The minimum absolute atomic E-state index is 0.200. The monoisotopic (exact) mass is 443 g/mol. The SMILES string of the molecule is CCOc1ccc2oc(C(=O)N/N=C/c3cc(C)n(-c4ccc(C(C)C)cc4)c3C)cc2c1. The quantitative estimate of drug-likeness (QED) is 0.276. The van der Waals surface area contributed by atoms with Crippen molar-refractivity contribution in [3.8, 4) is 11.4 Å². The van der Waals surface area contributed by atoms with Crippen LogP contribution in [-0.2, 0) is 0 Å². The van der Waals surface area contributed by atoms with Crippen LogP contribution in [-0.4, -0.2) is 23.3 Å². The number of hydrogen-bond donors (Lipinski definition) is 1. The molecule has 0 saturated heterocycles. The molecule has 0 saturated carbocycles. The number of hydrazone groups is 1. The van der Waals surface area contributed by atoms with Crippen LogP contribution in [0.2, 0.25) is 0 Å². The Morgan fingerprint density at radius 1 is 1.12 bits per heavy atom. The molecule has 0 atom stereocenters. The molecular formula is C27H29N3O3. The second-order valence-corrected chi connectivity index (χ2v) is 8.35. The lowest BCUT2D eigenvalue weighted by molar-refractivity contribution is 0.0929. The van der Waals surface area contributed by atoms with Gasteiger partial charge < -0.3 is 13.7 Å². The number of amides is 1. The number of benzene rings is 2. The van der Waals surface area contributed by atoms with E-state index in [0.717, 1.165) is 33.8 Å². The van der Waals surface area contributed by atoms with Gasteiger partial charge in [-0.25, -0.2) is 5.43 Å². The number of furan rings is 1. The Morgan fingerprint density at radius 3 is 2.58 bits per heavy atom. The average molecular weight is 444 g/mol. The number of aryl methyl sites for hydroxylation is 1. The van der Waals surface area contributed by atoms with Crippen molar-refractivity contribution < 1.29 is 13.9 Å². The van der Waals surface area contributed by atoms with Crippen LogP contribution in [0.25, 0.3) is 16.7 Å². The third-order valence-electron chi connectivity index (χ3n) is 5.68. The van der Waals surface area contributed by atoms with Gasteiger partial charge in [-0.1, -0.05) is 26.0 Å². The number of hydrogen-bond acceptors (Lipinski definition) is 4. The Bertz CT molecular complexity index is 1310. The number of fused-ring (bicyclic) bond motifs is 1. The molecule has 2 aromatic heterocycles. The van der Waals surface area contributed by atoms with Crippen molar-refractivity contribution in [2.24, 2.45) is 5.10 Å². The molecule has 0 bridgehead atoms. The summed E-state index contributed by atoms with van der Waals surface area (Å²) in [5.41, 5.74) is 8.68. The fourth-order valence-electron chi connectivity index (χ4n) is 3.93. The molecule has 0 fully saturated rings. The lowest BCUT2D eigenvalue weighted by Gasteiger charge is -2.12. The topological polar surface area (TPSA) is 68.8 Å². The standard InChI is InChI=1S/C27H29N3O3/c1-6-32-24-11-12-25-21(14-24)15-26(33-25)27(31)29-28-16-22-13-18(4)30(19(22)5)23-9-7-20(8-10-23)17(2)3/h7-17H,6H2,1-5H3,(H,29,31)/b28-16+. The minimum atomic E-state index is -0.404. The number of rotatable bonds is 7. The Balaban J connectivity index is 1.49. The van der Waals surface area contributed by atoms with Gasteiger partial charge >= 0.3 is 5.91 Å². The van der Waals surface area contributed by atoms with Crippen LogP contribution in [0.1, 0.15) is 59.8 Å². The van der Waals surface area contributed by atoms with Gasteiger partial charge in [0.25, 0.3) is 0 Å². The van der Waals surface area contributed by atoms with Gasteiger partial charge in [0.15, 0.2) is 5.76 Å². The van der Waals surface area contributed by atoms with Crippen LogP contribution in [0.5, 0.6) is 5.75 Å². The van der Waals surface area contributed by atoms with Crippen molar-refractivity contribution in [2.75, 3.05) is 6.61 Å². The molecule has 0 radical (unpaired) electrons. The van der Waals surface area contributed by atoms with Crippen molar-refractivity contribution >= 4 is 23.1 Å². The van der Waals surface area contributed by atoms with Crippen molar-refractivity contribution in [3.63, 3.8) is 0 Å². The third kappa shape index (κ3) is 4.70. The summed E-state index contributed by atoms with van der Waals surface area (Å²) < 4.78 is 13.3. The van der Waals surface area contributed by atoms with E-state index in [1.165, 1.54) is 5.56 Å². The molecule has 33 heavy (non-hydrogen) atoms. The lowest BCUT2D eigenvalue weighted by Crippen LogP contribution is -2.16. The number of carbonyl (C=O) groups excluding carboxylic acids is 1. The molecule has 0 spiro atoms. The molecule has 0 aliphatic rings. The molecule has 0 aliphatic heterocycles. The first-order chi connectivity index (χ1) is 15.9. The highest BCUT2D eigenvalue weighted by atomic mass is 16.5. The summed E-state index contributed by atoms with van der Waals surface area (Å²) in [7, 11) is 0. The lowest BCUT2D eigenvalue weighted by atomic mass is 10.0. The van der Waals surface area contributed by atoms with Crippen LogP contribution in [0.15, 0.2) is 64.1 Å². The van der Waals surface area contributed by atoms with Gasteiger partial charge in [0.2, 0.25) is 0 Å². The zero-order valence-electron chi connectivity index (χ0n) is 19.7. The van der Waals surface area contributed by atoms with E-state index < -0.39 is 5.91 Å². The first-order valence-electron chi connectivity index (χ1n) is 11.2. The summed E-state index contributed by atoms with van der Waals surface area (Å²) in [6, 6.07) is 17.8. The van der Waals surface area contributed by atoms with E-state index in [1.807, 2.05) is 26.0 Å². The van der Waals surface area contributed by atoms with Gasteiger partial charge in [0, 0.05) is 28.0 Å². The van der Waals surface area contributed by atoms with E-state index >= 15 is 0 Å². The van der Waals surface area contributed by atoms with E-state index in [9.17, 15) is 4.79 Å². The molecule has 6 heteroatoms. The van der Waals surface area contributed by atoms with E-state index in [0.29, 0.717) is 18.1 Å². The van der Waals surface area contributed by atoms with Gasteiger partial charge in [-0.15, -0.1) is 0 Å². The summed E-state index contributed by atoms with van der Waals surface area (Å²) in [6.07, 6.45) is 1.66. The van der Waals surface area contributed by atoms with Crippen molar-refractivity contribution in [1.29, 1.82) is 0 Å². The molecule has 4 aromatic rings. The van der Waals surface area contributed by atoms with Gasteiger partial charge in [0.1, 0.15) is 11.3 Å². The molecule has 6 nitrogen and oxygen atoms in total. The number of ether oxygens (including phenoxy) is 1. The van der Waals surface area contributed by atoms with E-state index in [-0.39, 0.29) is 5.76 Å². The van der Waals surface area contributed by atoms with Crippen LogP contribution >= 0.6 is 0 Å². The summed E-state index contributed by atoms with van der Waals surface area (Å²) in [5, 5.41) is 4.97. The molecule has 170 valence electrons. The van der Waals surface area contributed by atoms with Crippen LogP contribution in [0.4, 0.5) is 0 Å². The highest BCUT2D eigenvalue weighted by Gasteiger charge is 2.13. The highest BCUT2D eigenvalue weighted by molar-refractivity contribution is 5.96. The number of carbonyl (C=O) groups is 1. The predicted molar refractivity (Wildman–Crippen MR) is 132 cm³/mol. The number of aromatic nitrogens is 1. The van der Waals surface area contributed by atoms with Gasteiger partial charge in [-0.2, -0.15) is 5.10 Å². The Morgan fingerprint density at radius 2 is 1.88 bits per heavy atom. The van der Waals surface area contributed by atoms with Crippen molar-refractivity contribution in [1.82, 2.24) is 9.99 Å². The molecule has 0 unspecified atom stereocenters. The Hall–Kier alpha value is -3.80. The van der Waals surface area contributed by atoms with E-state index in [1.54, 1.807) is 18.3 Å². The summed E-state index contributed by atoms with van der Waals surface area (Å²) >= 11 is 0. The van der Waals surface area contributed by atoms with Gasteiger partial charge in [-0.05, 0) is 74.7 Å². The van der Waals surface area contributed by atoms with Crippen molar-refractivity contribution in [3.05, 3.63) is 82.9 Å². The highest BCUT2D eigenvalue weighted by Crippen LogP contribution is 2.25. The number of nitrogens with one attached hydrogen (secondary N) is 1. The molecule has 1 N–H and O–H groups in total. The van der Waals surface area contributed by atoms with Crippen LogP contribution in [0.3, 0.4) is 0 Å². The largest absolute Gasteiger partial charge is 0.494 e. The predicted octanol–water partition coefficient (Wildman–Crippen LogP) is 6.13. The van der Waals surface area contributed by atoms with Gasteiger partial charge in [-0.3, -0.25) is 4.79 Å². The molecule has 4 rings (SSSR count). The van der Waals surface area contributed by atoms with Crippen LogP contribution < -0.4 is 10.2 Å². The summed E-state index contributed by atoms with van der Waals surface area (Å²) in [5.74, 6) is 1.03. The fraction of sp³-hybridized carbons (Fsp3) is 0.259. The number of nitrogens with zero attached hydrogens (tertiary/aromatic N) is 2. The van der Waals surface area contributed by atoms with E-state index in [4.69, 9.17) is 9.15 Å². The molecule has 2 heterocycles. The summed E-state index contributed by atoms with van der Waals surface area (Å²) in [4.78, 5) is 12.5. The smallest absolute Gasteiger partial charge is 0.307 e. The second-order valence-electron chi connectivity index (χ2n) is 8.35. The van der Waals surface area contributed by atoms with Crippen LogP contribution in [0, 0.1) is 13.8 Å². The van der Waals surface area contributed by atoms with Gasteiger partial charge in [0.05, 0.1) is 12.8 Å². The normalized spacial score (nSPS) is 11.6. The molecule has 1 amide bonds. The summed E-state index contributed by atoms with van der Waals surface area (Å²) in [6.45, 7) is 11.0. The molecule has 2 aromatic carbocycles. The van der Waals surface area contributed by atoms with E-state index in [2.05, 4.69) is 66.2 Å². The zero-order valence-corrected chi connectivity index (χ0v) is 19.7. The fourth-order valence-corrected chi connectivity index (χ4v) is 3.93. The Kier molecular flexibility index (Phi) is 6.36. The second kappa shape index (κ2) is 9.36. The van der Waals surface area contributed by atoms with Crippen molar-refractivity contribution in [2.45, 2.75) is 40.5 Å². The minimum Gasteiger partial charge on any atom is -0.494 e. The maximum Gasteiger partial charge on any atom is 0.307 e. The molecular weight excluding hydrogens is 414 g/mol. The molecule has 0 aliphatic carbocycles. The zero-order chi connectivity index (χ0) is 23.5. The first-order valence-corrected chi connectivity index (χ1v) is 11.2. The third-order valence-corrected chi connectivity index (χ3v) is 5.68. The Labute approximate surface area is 193 Å². The first kappa shape index (κ1) is 22.4. The maximum atomic E-state index is 12.5.